The first kappa shape index (κ1) is 15.4. The van der Waals surface area contributed by atoms with Crippen LogP contribution in [0.1, 0.15) is 37.6 Å². The number of carbonyl (C=O) groups excluding carboxylic acids is 2. The van der Waals surface area contributed by atoms with Crippen LogP contribution in [0.4, 0.5) is 0 Å². The van der Waals surface area contributed by atoms with E-state index in [0.29, 0.717) is 24.3 Å². The monoisotopic (exact) mass is 290 g/mol. The molecule has 2 amide bonds. The van der Waals surface area contributed by atoms with E-state index in [-0.39, 0.29) is 23.4 Å². The average molecular weight is 290 g/mol. The molecule has 0 aliphatic carbocycles. The lowest BCUT2D eigenvalue weighted by molar-refractivity contribution is -0.131. The fraction of sp³-hybridized carbons (Fsp3) is 0.500. The van der Waals surface area contributed by atoms with Gasteiger partial charge in [0.25, 0.3) is 5.91 Å². The fourth-order valence-corrected chi connectivity index (χ4v) is 2.55. The Labute approximate surface area is 125 Å². The molecule has 0 saturated carbocycles. The molecule has 21 heavy (non-hydrogen) atoms. The van der Waals surface area contributed by atoms with Gasteiger partial charge in [0.1, 0.15) is 5.75 Å². The number of ether oxygens (including phenoxy) is 1. The number of benzene rings is 1. The molecule has 114 valence electrons. The van der Waals surface area contributed by atoms with Crippen molar-refractivity contribution in [2.45, 2.75) is 38.8 Å². The molecule has 1 fully saturated rings. The second-order valence-electron chi connectivity index (χ2n) is 6.25. The molecule has 0 radical (unpaired) electrons. The molecule has 2 rings (SSSR count). The number of rotatable bonds is 3. The van der Waals surface area contributed by atoms with E-state index in [1.54, 1.807) is 23.1 Å². The Bertz CT molecular complexity index is 549. The third kappa shape index (κ3) is 3.35. The Balaban J connectivity index is 2.06. The number of nitrogens with zero attached hydrogens (tertiary/aromatic N) is 1. The Kier molecular flexibility index (Phi) is 4.21. The van der Waals surface area contributed by atoms with Crippen molar-refractivity contribution >= 4 is 11.8 Å². The molecule has 0 aromatic heterocycles. The average Bonchev–Trinajstić information content (AvgIpc) is 2.79. The molecule has 1 aliphatic rings. The van der Waals surface area contributed by atoms with Crippen molar-refractivity contribution in [3.8, 4) is 5.75 Å². The van der Waals surface area contributed by atoms with Crippen LogP contribution in [0.2, 0.25) is 0 Å². The van der Waals surface area contributed by atoms with E-state index in [9.17, 15) is 9.59 Å². The number of hydrogen-bond acceptors (Lipinski definition) is 3. The van der Waals surface area contributed by atoms with Crippen LogP contribution in [-0.4, -0.2) is 41.9 Å². The second kappa shape index (κ2) is 5.76. The zero-order valence-electron chi connectivity index (χ0n) is 13.0. The Hall–Kier alpha value is -2.04. The summed E-state index contributed by atoms with van der Waals surface area (Å²) in [6, 6.07) is 6.91. The molecule has 1 aliphatic heterocycles. The largest absolute Gasteiger partial charge is 0.496 e. The summed E-state index contributed by atoms with van der Waals surface area (Å²) >= 11 is 0. The lowest BCUT2D eigenvalue weighted by Crippen LogP contribution is -2.44. The summed E-state index contributed by atoms with van der Waals surface area (Å²) in [5.41, 5.74) is 0.266. The zero-order valence-corrected chi connectivity index (χ0v) is 13.0. The van der Waals surface area contributed by atoms with Gasteiger partial charge in [0.05, 0.1) is 18.7 Å². The van der Waals surface area contributed by atoms with Crippen LogP contribution in [0, 0.1) is 0 Å². The van der Waals surface area contributed by atoms with Crippen molar-refractivity contribution in [2.75, 3.05) is 13.7 Å². The van der Waals surface area contributed by atoms with Gasteiger partial charge in [0.15, 0.2) is 0 Å². The van der Waals surface area contributed by atoms with Crippen molar-refractivity contribution < 1.29 is 14.3 Å². The van der Waals surface area contributed by atoms with Gasteiger partial charge in [-0.05, 0) is 32.9 Å². The number of para-hydroxylation sites is 1. The summed E-state index contributed by atoms with van der Waals surface area (Å²) in [5, 5.41) is 2.92. The van der Waals surface area contributed by atoms with Gasteiger partial charge < -0.3 is 15.0 Å². The summed E-state index contributed by atoms with van der Waals surface area (Å²) in [6.45, 7) is 6.53. The first-order chi connectivity index (χ1) is 9.82. The van der Waals surface area contributed by atoms with Gasteiger partial charge in [0, 0.05) is 18.5 Å². The van der Waals surface area contributed by atoms with Gasteiger partial charge in [-0.2, -0.15) is 0 Å². The number of hydrogen-bond donors (Lipinski definition) is 1. The van der Waals surface area contributed by atoms with Crippen molar-refractivity contribution in [3.05, 3.63) is 29.8 Å². The minimum absolute atomic E-state index is 0.0767. The first-order valence-corrected chi connectivity index (χ1v) is 7.07. The van der Waals surface area contributed by atoms with Crippen molar-refractivity contribution in [1.29, 1.82) is 0 Å². The molecule has 1 heterocycles. The van der Waals surface area contributed by atoms with E-state index in [1.165, 1.54) is 7.11 Å². The van der Waals surface area contributed by atoms with Crippen molar-refractivity contribution in [3.63, 3.8) is 0 Å². The highest BCUT2D eigenvalue weighted by Gasteiger charge is 2.37. The van der Waals surface area contributed by atoms with E-state index < -0.39 is 0 Å². The van der Waals surface area contributed by atoms with Crippen LogP contribution in [0.15, 0.2) is 24.3 Å². The second-order valence-corrected chi connectivity index (χ2v) is 6.25. The Morgan fingerprint density at radius 2 is 2.00 bits per heavy atom. The molecule has 1 aromatic carbocycles. The summed E-state index contributed by atoms with van der Waals surface area (Å²) in [5.74, 6) is 0.404. The zero-order chi connectivity index (χ0) is 15.6. The highest BCUT2D eigenvalue weighted by atomic mass is 16.5. The molecule has 5 heteroatoms. The normalized spacial score (nSPS) is 18.8. The van der Waals surface area contributed by atoms with Gasteiger partial charge in [-0.15, -0.1) is 0 Å². The van der Waals surface area contributed by atoms with Crippen LogP contribution in [0.3, 0.4) is 0 Å². The first-order valence-electron chi connectivity index (χ1n) is 7.07. The van der Waals surface area contributed by atoms with E-state index in [4.69, 9.17) is 4.74 Å². The summed E-state index contributed by atoms with van der Waals surface area (Å²) in [7, 11) is 1.53. The molecular formula is C16H22N2O3. The number of nitrogens with one attached hydrogen (secondary N) is 1. The number of carbonyl (C=O) groups is 2. The third-order valence-electron chi connectivity index (χ3n) is 3.62. The van der Waals surface area contributed by atoms with E-state index >= 15 is 0 Å². The molecular weight excluding hydrogens is 268 g/mol. The van der Waals surface area contributed by atoms with Crippen LogP contribution < -0.4 is 10.1 Å². The summed E-state index contributed by atoms with van der Waals surface area (Å²) < 4.78 is 5.19. The number of likely N-dealkylation sites (tertiary alicyclic amines) is 1. The minimum atomic E-state index is -0.221. The van der Waals surface area contributed by atoms with Crippen LogP contribution >= 0.6 is 0 Å². The number of methoxy groups -OCH3 is 1. The molecule has 1 unspecified atom stereocenters. The highest BCUT2D eigenvalue weighted by Crippen LogP contribution is 2.23. The van der Waals surface area contributed by atoms with Crippen molar-refractivity contribution in [2.24, 2.45) is 0 Å². The molecule has 5 nitrogen and oxygen atoms in total. The standard InChI is InChI=1S/C16H22N2O3/c1-16(2,3)18-10-11(9-14(18)19)17-15(20)12-7-5-6-8-13(12)21-4/h5-8,11H,9-10H2,1-4H3,(H,17,20). The lowest BCUT2D eigenvalue weighted by atomic mass is 10.1. The van der Waals surface area contributed by atoms with E-state index in [0.717, 1.165) is 0 Å². The van der Waals surface area contributed by atoms with Crippen LogP contribution in [0.5, 0.6) is 5.75 Å². The topological polar surface area (TPSA) is 58.6 Å². The Morgan fingerprint density at radius 3 is 2.57 bits per heavy atom. The number of amides is 2. The predicted octanol–water partition coefficient (Wildman–Crippen LogP) is 1.82. The molecule has 1 N–H and O–H groups in total. The lowest BCUT2D eigenvalue weighted by Gasteiger charge is -2.32. The quantitative estimate of drug-likeness (QED) is 0.924. The van der Waals surface area contributed by atoms with Gasteiger partial charge in [-0.25, -0.2) is 0 Å². The minimum Gasteiger partial charge on any atom is -0.496 e. The maximum atomic E-state index is 12.3. The van der Waals surface area contributed by atoms with E-state index in [2.05, 4.69) is 5.32 Å². The van der Waals surface area contributed by atoms with Gasteiger partial charge in [0.2, 0.25) is 5.91 Å². The maximum absolute atomic E-state index is 12.3. The molecule has 1 saturated heterocycles. The SMILES string of the molecule is COc1ccccc1C(=O)NC1CC(=O)N(C(C)(C)C)C1. The third-order valence-corrected chi connectivity index (χ3v) is 3.62. The highest BCUT2D eigenvalue weighted by molar-refractivity contribution is 5.97. The maximum Gasteiger partial charge on any atom is 0.255 e. The van der Waals surface area contributed by atoms with Gasteiger partial charge in [-0.1, -0.05) is 12.1 Å². The summed E-state index contributed by atoms with van der Waals surface area (Å²) in [4.78, 5) is 26.2. The smallest absolute Gasteiger partial charge is 0.255 e. The van der Waals surface area contributed by atoms with E-state index in [1.807, 2.05) is 26.8 Å². The molecule has 1 atom stereocenters. The Morgan fingerprint density at radius 1 is 1.33 bits per heavy atom. The van der Waals surface area contributed by atoms with Crippen LogP contribution in [-0.2, 0) is 4.79 Å². The van der Waals surface area contributed by atoms with Crippen LogP contribution in [0.25, 0.3) is 0 Å². The predicted molar refractivity (Wildman–Crippen MR) is 80.3 cm³/mol. The van der Waals surface area contributed by atoms with Crippen molar-refractivity contribution in [1.82, 2.24) is 10.2 Å². The van der Waals surface area contributed by atoms with Gasteiger partial charge in [-0.3, -0.25) is 9.59 Å². The fourth-order valence-electron chi connectivity index (χ4n) is 2.55. The summed E-state index contributed by atoms with van der Waals surface area (Å²) in [6.07, 6.45) is 0.345. The van der Waals surface area contributed by atoms with Gasteiger partial charge >= 0.3 is 0 Å². The molecule has 0 spiro atoms. The molecule has 0 bridgehead atoms. The molecule has 1 aromatic rings.